The molecule has 0 bridgehead atoms. The van der Waals surface area contributed by atoms with Crippen molar-refractivity contribution in [3.8, 4) is 0 Å². The molecule has 1 heterocycles. The monoisotopic (exact) mass is 234 g/mol. The Kier molecular flexibility index (Phi) is 5.99. The van der Waals surface area contributed by atoms with Crippen molar-refractivity contribution in [3.63, 3.8) is 0 Å². The summed E-state index contributed by atoms with van der Waals surface area (Å²) in [5.74, 6) is 5.35. The Balaban J connectivity index is 2.17. The van der Waals surface area contributed by atoms with Gasteiger partial charge in [0.15, 0.2) is 0 Å². The molecule has 1 aromatic rings. The van der Waals surface area contributed by atoms with Crippen molar-refractivity contribution < 1.29 is 17.9 Å². The standard InChI is InChI=1S/C10H16F2N2O2/c11-10(12)7-16-4-2-9(14-13)5-8-1-3-15-6-8/h1,3,6,9-10,14H,2,4-5,7,13H2. The molecule has 0 aliphatic heterocycles. The third-order valence-corrected chi connectivity index (χ3v) is 2.15. The number of nitrogens with two attached hydrogens (primary N) is 1. The third kappa shape index (κ3) is 5.20. The van der Waals surface area contributed by atoms with Crippen LogP contribution in [0.1, 0.15) is 12.0 Å². The van der Waals surface area contributed by atoms with Crippen LogP contribution >= 0.6 is 0 Å². The van der Waals surface area contributed by atoms with Crippen LogP contribution in [-0.2, 0) is 11.2 Å². The average Bonchev–Trinajstić information content (AvgIpc) is 2.75. The van der Waals surface area contributed by atoms with Crippen LogP contribution in [0, 0.1) is 0 Å². The van der Waals surface area contributed by atoms with Gasteiger partial charge in [-0.1, -0.05) is 0 Å². The average molecular weight is 234 g/mol. The van der Waals surface area contributed by atoms with Gasteiger partial charge in [0.05, 0.1) is 12.5 Å². The van der Waals surface area contributed by atoms with Crippen LogP contribution in [0.25, 0.3) is 0 Å². The van der Waals surface area contributed by atoms with Crippen molar-refractivity contribution >= 4 is 0 Å². The van der Waals surface area contributed by atoms with Gasteiger partial charge in [-0.05, 0) is 24.5 Å². The Hall–Kier alpha value is -0.980. The molecule has 0 saturated carbocycles. The van der Waals surface area contributed by atoms with Gasteiger partial charge in [-0.2, -0.15) is 0 Å². The van der Waals surface area contributed by atoms with Gasteiger partial charge >= 0.3 is 0 Å². The van der Waals surface area contributed by atoms with Gasteiger partial charge in [-0.3, -0.25) is 11.3 Å². The molecular formula is C10H16F2N2O2. The predicted octanol–water partition coefficient (Wildman–Crippen LogP) is 1.33. The molecule has 0 fully saturated rings. The second kappa shape index (κ2) is 7.32. The van der Waals surface area contributed by atoms with Gasteiger partial charge < -0.3 is 9.15 Å². The van der Waals surface area contributed by atoms with E-state index in [4.69, 9.17) is 15.0 Å². The molecule has 1 rings (SSSR count). The quantitative estimate of drug-likeness (QED) is 0.404. The number of alkyl halides is 2. The van der Waals surface area contributed by atoms with Gasteiger partial charge in [0.25, 0.3) is 6.43 Å². The summed E-state index contributed by atoms with van der Waals surface area (Å²) in [6.45, 7) is -0.264. The second-order valence-electron chi connectivity index (χ2n) is 3.45. The molecule has 4 nitrogen and oxygen atoms in total. The van der Waals surface area contributed by atoms with E-state index in [0.29, 0.717) is 12.8 Å². The van der Waals surface area contributed by atoms with E-state index in [-0.39, 0.29) is 12.6 Å². The number of hydrogen-bond acceptors (Lipinski definition) is 4. The number of halogens is 2. The minimum atomic E-state index is -2.42. The lowest BCUT2D eigenvalue weighted by molar-refractivity contribution is 0.0144. The molecule has 1 atom stereocenters. The summed E-state index contributed by atoms with van der Waals surface area (Å²) in [6.07, 6.45) is 2.05. The molecule has 1 aromatic heterocycles. The first-order valence-electron chi connectivity index (χ1n) is 5.05. The molecule has 0 aliphatic rings. The molecule has 6 heteroatoms. The molecule has 0 aliphatic carbocycles. The van der Waals surface area contributed by atoms with Gasteiger partial charge in [-0.15, -0.1) is 0 Å². The van der Waals surface area contributed by atoms with Crippen LogP contribution in [0.4, 0.5) is 8.78 Å². The number of hydrogen-bond donors (Lipinski definition) is 2. The van der Waals surface area contributed by atoms with E-state index in [9.17, 15) is 8.78 Å². The van der Waals surface area contributed by atoms with E-state index in [1.807, 2.05) is 6.07 Å². The summed E-state index contributed by atoms with van der Waals surface area (Å²) in [5, 5.41) is 0. The highest BCUT2D eigenvalue weighted by Gasteiger charge is 2.09. The van der Waals surface area contributed by atoms with Gasteiger partial charge in [0.1, 0.15) is 6.61 Å². The Bertz CT molecular complexity index is 268. The second-order valence-corrected chi connectivity index (χ2v) is 3.45. The maximum Gasteiger partial charge on any atom is 0.261 e. The van der Waals surface area contributed by atoms with Crippen molar-refractivity contribution in [2.75, 3.05) is 13.2 Å². The predicted molar refractivity (Wildman–Crippen MR) is 55.0 cm³/mol. The minimum absolute atomic E-state index is 0.00438. The van der Waals surface area contributed by atoms with Crippen molar-refractivity contribution in [2.24, 2.45) is 5.84 Å². The first-order valence-corrected chi connectivity index (χ1v) is 5.05. The van der Waals surface area contributed by atoms with Gasteiger partial charge in [0, 0.05) is 12.6 Å². The summed E-state index contributed by atoms with van der Waals surface area (Å²) in [5.41, 5.74) is 3.63. The Morgan fingerprint density at radius 3 is 2.88 bits per heavy atom. The summed E-state index contributed by atoms with van der Waals surface area (Å²) in [6, 6.07) is 1.83. The van der Waals surface area contributed by atoms with E-state index in [2.05, 4.69) is 5.43 Å². The lowest BCUT2D eigenvalue weighted by atomic mass is 10.1. The minimum Gasteiger partial charge on any atom is -0.472 e. The number of rotatable bonds is 8. The molecule has 3 N–H and O–H groups in total. The van der Waals surface area contributed by atoms with Crippen molar-refractivity contribution in [1.82, 2.24) is 5.43 Å². The first-order chi connectivity index (χ1) is 7.72. The summed E-state index contributed by atoms with van der Waals surface area (Å²) in [4.78, 5) is 0. The number of furan rings is 1. The van der Waals surface area contributed by atoms with Crippen LogP contribution < -0.4 is 11.3 Å². The van der Waals surface area contributed by atoms with E-state index in [0.717, 1.165) is 5.56 Å². The normalized spacial score (nSPS) is 13.2. The van der Waals surface area contributed by atoms with Gasteiger partial charge in [-0.25, -0.2) is 8.78 Å². The molecule has 0 spiro atoms. The summed E-state index contributed by atoms with van der Waals surface area (Å²) < 4.78 is 33.2. The largest absolute Gasteiger partial charge is 0.472 e. The first kappa shape index (κ1) is 13.1. The molecule has 1 unspecified atom stereocenters. The smallest absolute Gasteiger partial charge is 0.261 e. The van der Waals surface area contributed by atoms with Crippen molar-refractivity contribution in [3.05, 3.63) is 24.2 Å². The fourth-order valence-electron chi connectivity index (χ4n) is 1.34. The molecule has 0 amide bonds. The maximum atomic E-state index is 11.8. The highest BCUT2D eigenvalue weighted by molar-refractivity contribution is 5.07. The number of hydrazine groups is 1. The SMILES string of the molecule is NNC(CCOCC(F)F)Cc1ccoc1. The zero-order valence-electron chi connectivity index (χ0n) is 8.86. The van der Waals surface area contributed by atoms with Crippen molar-refractivity contribution in [2.45, 2.75) is 25.3 Å². The fourth-order valence-corrected chi connectivity index (χ4v) is 1.34. The Morgan fingerprint density at radius 1 is 1.50 bits per heavy atom. The zero-order valence-corrected chi connectivity index (χ0v) is 8.86. The number of nitrogens with one attached hydrogen (secondary N) is 1. The van der Waals surface area contributed by atoms with E-state index in [1.165, 1.54) is 0 Å². The topological polar surface area (TPSA) is 60.4 Å². The molecule has 0 aromatic carbocycles. The van der Waals surface area contributed by atoms with Crippen LogP contribution in [0.15, 0.2) is 23.0 Å². The molecular weight excluding hydrogens is 218 g/mol. The molecule has 0 radical (unpaired) electrons. The van der Waals surface area contributed by atoms with Crippen molar-refractivity contribution in [1.29, 1.82) is 0 Å². The highest BCUT2D eigenvalue weighted by atomic mass is 19.3. The summed E-state index contributed by atoms with van der Waals surface area (Å²) >= 11 is 0. The number of ether oxygens (including phenoxy) is 1. The van der Waals surface area contributed by atoms with Crippen LogP contribution in [0.2, 0.25) is 0 Å². The molecule has 92 valence electrons. The molecule has 16 heavy (non-hydrogen) atoms. The van der Waals surface area contributed by atoms with Crippen LogP contribution in [0.3, 0.4) is 0 Å². The van der Waals surface area contributed by atoms with E-state index in [1.54, 1.807) is 12.5 Å². The zero-order chi connectivity index (χ0) is 11.8. The third-order valence-electron chi connectivity index (χ3n) is 2.15. The highest BCUT2D eigenvalue weighted by Crippen LogP contribution is 2.06. The Labute approximate surface area is 92.7 Å². The summed E-state index contributed by atoms with van der Waals surface area (Å²) in [7, 11) is 0. The fraction of sp³-hybridized carbons (Fsp3) is 0.600. The van der Waals surface area contributed by atoms with Crippen LogP contribution in [-0.4, -0.2) is 25.7 Å². The van der Waals surface area contributed by atoms with E-state index >= 15 is 0 Å². The van der Waals surface area contributed by atoms with E-state index < -0.39 is 13.0 Å². The maximum absolute atomic E-state index is 11.8. The van der Waals surface area contributed by atoms with Gasteiger partial charge in [0.2, 0.25) is 0 Å². The molecule has 0 saturated heterocycles. The lowest BCUT2D eigenvalue weighted by Crippen LogP contribution is -2.37. The van der Waals surface area contributed by atoms with Crippen LogP contribution in [0.5, 0.6) is 0 Å². The lowest BCUT2D eigenvalue weighted by Gasteiger charge is -2.14. The Morgan fingerprint density at radius 2 is 2.31 bits per heavy atom.